The molecule has 2 rings (SSSR count). The number of rotatable bonds is 5. The summed E-state index contributed by atoms with van der Waals surface area (Å²) in [6.45, 7) is 1.40. The molecular weight excluding hydrogens is 342 g/mol. The van der Waals surface area contributed by atoms with Gasteiger partial charge in [0.2, 0.25) is 5.91 Å². The molecule has 1 fully saturated rings. The van der Waals surface area contributed by atoms with Crippen LogP contribution in [0.15, 0.2) is 18.2 Å². The van der Waals surface area contributed by atoms with E-state index in [0.29, 0.717) is 27.9 Å². The molecule has 0 aromatic heterocycles. The van der Waals surface area contributed by atoms with Crippen molar-refractivity contribution in [2.45, 2.75) is 19.4 Å². The zero-order chi connectivity index (χ0) is 16.3. The second kappa shape index (κ2) is 7.30. The normalized spacial score (nSPS) is 17.6. The van der Waals surface area contributed by atoms with Crippen LogP contribution >= 0.6 is 35.6 Å². The molecule has 1 saturated heterocycles. The van der Waals surface area contributed by atoms with Gasteiger partial charge in [0.05, 0.1) is 16.4 Å². The Kier molecular flexibility index (Phi) is 5.66. The number of carbonyl (C=O) groups is 2. The third-order valence-electron chi connectivity index (χ3n) is 3.15. The van der Waals surface area contributed by atoms with Gasteiger partial charge in [0.25, 0.3) is 5.91 Å². The quantitative estimate of drug-likeness (QED) is 0.793. The van der Waals surface area contributed by atoms with Gasteiger partial charge < -0.3 is 10.6 Å². The minimum absolute atomic E-state index is 0.0878. The third kappa shape index (κ3) is 3.71. The SMILES string of the molecule is CSCC[C@@H]1NC(=S)N(c2ccc(Cl)c(NC(C)=O)c2)C1=O. The summed E-state index contributed by atoms with van der Waals surface area (Å²) in [5, 5.41) is 6.45. The van der Waals surface area contributed by atoms with Crippen LogP contribution in [-0.2, 0) is 9.59 Å². The predicted octanol–water partition coefficient (Wildman–Crippen LogP) is 2.64. The van der Waals surface area contributed by atoms with Crippen molar-refractivity contribution in [3.05, 3.63) is 23.2 Å². The zero-order valence-corrected chi connectivity index (χ0v) is 14.6. The van der Waals surface area contributed by atoms with Crippen molar-refractivity contribution in [1.29, 1.82) is 0 Å². The maximum absolute atomic E-state index is 12.5. The van der Waals surface area contributed by atoms with Gasteiger partial charge in [-0.15, -0.1) is 0 Å². The monoisotopic (exact) mass is 357 g/mol. The van der Waals surface area contributed by atoms with Gasteiger partial charge in [0.15, 0.2) is 5.11 Å². The Morgan fingerprint density at radius 2 is 2.27 bits per heavy atom. The highest BCUT2D eigenvalue weighted by Gasteiger charge is 2.36. The number of benzene rings is 1. The Morgan fingerprint density at radius 3 is 2.91 bits per heavy atom. The summed E-state index contributed by atoms with van der Waals surface area (Å²) in [6, 6.07) is 4.68. The lowest BCUT2D eigenvalue weighted by atomic mass is 10.2. The Labute approximate surface area is 143 Å². The summed E-state index contributed by atoms with van der Waals surface area (Å²) in [5.41, 5.74) is 1.04. The number of hydrogen-bond acceptors (Lipinski definition) is 4. The standard InChI is InChI=1S/C14H16ClN3O2S2/c1-8(19)16-12-7-9(3-4-10(12)15)18-13(20)11(5-6-22-2)17-14(18)21/h3-4,7,11H,5-6H2,1-2H3,(H,16,19)(H,17,21)/t11-/m0/s1. The first-order valence-corrected chi connectivity index (χ1v) is 8.82. The molecule has 0 aliphatic carbocycles. The zero-order valence-electron chi connectivity index (χ0n) is 12.2. The van der Waals surface area contributed by atoms with E-state index in [2.05, 4.69) is 10.6 Å². The molecule has 22 heavy (non-hydrogen) atoms. The fourth-order valence-electron chi connectivity index (χ4n) is 2.14. The lowest BCUT2D eigenvalue weighted by molar-refractivity contribution is -0.118. The van der Waals surface area contributed by atoms with E-state index in [1.54, 1.807) is 30.0 Å². The number of anilines is 2. The van der Waals surface area contributed by atoms with Crippen LogP contribution in [0.4, 0.5) is 11.4 Å². The smallest absolute Gasteiger partial charge is 0.255 e. The van der Waals surface area contributed by atoms with E-state index < -0.39 is 0 Å². The van der Waals surface area contributed by atoms with Crippen LogP contribution in [0, 0.1) is 0 Å². The molecule has 2 amide bonds. The predicted molar refractivity (Wildman–Crippen MR) is 95.8 cm³/mol. The average Bonchev–Trinajstić information content (AvgIpc) is 2.73. The number of nitrogens with one attached hydrogen (secondary N) is 2. The minimum atomic E-state index is -0.306. The third-order valence-corrected chi connectivity index (χ3v) is 4.42. The minimum Gasteiger partial charge on any atom is -0.350 e. The number of hydrogen-bond donors (Lipinski definition) is 2. The van der Waals surface area contributed by atoms with Crippen molar-refractivity contribution in [2.75, 3.05) is 22.2 Å². The summed E-state index contributed by atoms with van der Waals surface area (Å²) < 4.78 is 0. The van der Waals surface area contributed by atoms with Crippen molar-refractivity contribution in [3.63, 3.8) is 0 Å². The summed E-state index contributed by atoms with van der Waals surface area (Å²) in [4.78, 5) is 25.1. The molecule has 0 bridgehead atoms. The summed E-state index contributed by atoms with van der Waals surface area (Å²) in [6.07, 6.45) is 2.71. The van der Waals surface area contributed by atoms with Crippen LogP contribution in [-0.4, -0.2) is 35.0 Å². The first-order valence-electron chi connectivity index (χ1n) is 6.64. The Morgan fingerprint density at radius 1 is 1.55 bits per heavy atom. The molecule has 118 valence electrons. The lowest BCUT2D eigenvalue weighted by Gasteiger charge is -2.17. The van der Waals surface area contributed by atoms with Gasteiger partial charge in [-0.25, -0.2) is 0 Å². The molecule has 0 radical (unpaired) electrons. The van der Waals surface area contributed by atoms with E-state index in [1.165, 1.54) is 11.8 Å². The van der Waals surface area contributed by atoms with Crippen molar-refractivity contribution in [3.8, 4) is 0 Å². The van der Waals surface area contributed by atoms with E-state index in [4.69, 9.17) is 23.8 Å². The number of thioether (sulfide) groups is 1. The van der Waals surface area contributed by atoms with Crippen LogP contribution in [0.5, 0.6) is 0 Å². The molecule has 0 unspecified atom stereocenters. The van der Waals surface area contributed by atoms with Gasteiger partial charge in [0.1, 0.15) is 6.04 Å². The Bertz CT molecular complexity index is 624. The highest BCUT2D eigenvalue weighted by molar-refractivity contribution is 7.98. The van der Waals surface area contributed by atoms with Crippen molar-refractivity contribution < 1.29 is 9.59 Å². The Hall–Kier alpha value is -1.31. The fraction of sp³-hybridized carbons (Fsp3) is 0.357. The van der Waals surface area contributed by atoms with Gasteiger partial charge in [-0.2, -0.15) is 11.8 Å². The van der Waals surface area contributed by atoms with Crippen LogP contribution in [0.25, 0.3) is 0 Å². The van der Waals surface area contributed by atoms with E-state index in [9.17, 15) is 9.59 Å². The number of halogens is 1. The van der Waals surface area contributed by atoms with Crippen LogP contribution < -0.4 is 15.5 Å². The molecule has 0 saturated carbocycles. The summed E-state index contributed by atoms with van der Waals surface area (Å²) >= 11 is 13.0. The van der Waals surface area contributed by atoms with E-state index in [0.717, 1.165) is 5.75 Å². The number of amides is 2. The van der Waals surface area contributed by atoms with E-state index in [1.807, 2.05) is 6.26 Å². The fourth-order valence-corrected chi connectivity index (χ4v) is 3.12. The van der Waals surface area contributed by atoms with Gasteiger partial charge in [-0.1, -0.05) is 11.6 Å². The number of nitrogens with zero attached hydrogens (tertiary/aromatic N) is 1. The average molecular weight is 358 g/mol. The molecule has 1 aromatic carbocycles. The molecule has 8 heteroatoms. The van der Waals surface area contributed by atoms with Crippen molar-refractivity contribution >= 4 is 63.9 Å². The summed E-state index contributed by atoms with van der Waals surface area (Å²) in [7, 11) is 0. The number of thiocarbonyl (C=S) groups is 1. The van der Waals surface area contributed by atoms with Crippen molar-refractivity contribution in [1.82, 2.24) is 5.32 Å². The second-order valence-electron chi connectivity index (χ2n) is 4.80. The molecule has 1 aliphatic rings. The van der Waals surface area contributed by atoms with Gasteiger partial charge in [-0.3, -0.25) is 14.5 Å². The van der Waals surface area contributed by atoms with Crippen molar-refractivity contribution in [2.24, 2.45) is 0 Å². The topological polar surface area (TPSA) is 61.4 Å². The number of carbonyl (C=O) groups excluding carboxylic acids is 2. The highest BCUT2D eigenvalue weighted by atomic mass is 35.5. The second-order valence-corrected chi connectivity index (χ2v) is 6.58. The molecule has 2 N–H and O–H groups in total. The maximum Gasteiger partial charge on any atom is 0.255 e. The highest BCUT2D eigenvalue weighted by Crippen LogP contribution is 2.29. The molecule has 1 atom stereocenters. The van der Waals surface area contributed by atoms with Gasteiger partial charge in [0, 0.05) is 6.92 Å². The first-order chi connectivity index (χ1) is 10.4. The van der Waals surface area contributed by atoms with E-state index >= 15 is 0 Å². The van der Waals surface area contributed by atoms with Crippen LogP contribution in [0.3, 0.4) is 0 Å². The van der Waals surface area contributed by atoms with Crippen LogP contribution in [0.1, 0.15) is 13.3 Å². The molecule has 5 nitrogen and oxygen atoms in total. The van der Waals surface area contributed by atoms with Gasteiger partial charge in [-0.05, 0) is 48.8 Å². The van der Waals surface area contributed by atoms with Gasteiger partial charge >= 0.3 is 0 Å². The lowest BCUT2D eigenvalue weighted by Crippen LogP contribution is -2.31. The first kappa shape index (κ1) is 17.1. The molecule has 1 heterocycles. The largest absolute Gasteiger partial charge is 0.350 e. The maximum atomic E-state index is 12.5. The molecule has 1 aromatic rings. The Balaban J connectivity index is 2.25. The molecule has 0 spiro atoms. The molecular formula is C14H16ClN3O2S2. The van der Waals surface area contributed by atoms with Crippen LogP contribution in [0.2, 0.25) is 5.02 Å². The van der Waals surface area contributed by atoms with E-state index in [-0.39, 0.29) is 17.9 Å². The summed E-state index contributed by atoms with van der Waals surface area (Å²) in [5.74, 6) is 0.554. The molecule has 1 aliphatic heterocycles.